The Morgan fingerprint density at radius 1 is 1.47 bits per heavy atom. The van der Waals surface area contributed by atoms with Gasteiger partial charge >= 0.3 is 0 Å². The number of carbonyl (C=O) groups is 1. The molecular weight excluding hydrogens is 212 g/mol. The van der Waals surface area contributed by atoms with E-state index in [1.54, 1.807) is 0 Å². The molecule has 0 spiro atoms. The van der Waals surface area contributed by atoms with Crippen LogP contribution in [0, 0.1) is 0 Å². The standard InChI is InChI=1S/C15H22O2/c1-10(2)12-9-14-15(4,17-14)7-5-6-11(3)8-13(12)16/h6,14H,5,7-9H2,1-4H3. The third kappa shape index (κ3) is 2.68. The predicted molar refractivity (Wildman–Crippen MR) is 68.9 cm³/mol. The fourth-order valence-electron chi connectivity index (χ4n) is 2.59. The summed E-state index contributed by atoms with van der Waals surface area (Å²) in [5.41, 5.74) is 3.32. The van der Waals surface area contributed by atoms with Crippen molar-refractivity contribution in [2.75, 3.05) is 0 Å². The quantitative estimate of drug-likeness (QED) is 0.364. The van der Waals surface area contributed by atoms with Crippen molar-refractivity contribution < 1.29 is 9.53 Å². The molecule has 0 aromatic carbocycles. The van der Waals surface area contributed by atoms with Gasteiger partial charge in [0.2, 0.25) is 0 Å². The molecule has 1 heterocycles. The largest absolute Gasteiger partial charge is 0.366 e. The van der Waals surface area contributed by atoms with Gasteiger partial charge in [0.15, 0.2) is 5.78 Å². The first kappa shape index (κ1) is 12.6. The Hall–Kier alpha value is -0.890. The molecule has 94 valence electrons. The number of allylic oxidation sites excluding steroid dienone is 3. The van der Waals surface area contributed by atoms with E-state index in [9.17, 15) is 4.79 Å². The zero-order valence-electron chi connectivity index (χ0n) is 11.3. The second kappa shape index (κ2) is 4.41. The molecule has 2 unspecified atom stereocenters. The van der Waals surface area contributed by atoms with Gasteiger partial charge < -0.3 is 4.74 Å². The zero-order chi connectivity index (χ0) is 12.6. The van der Waals surface area contributed by atoms with Crippen LogP contribution in [-0.2, 0) is 9.53 Å². The van der Waals surface area contributed by atoms with Gasteiger partial charge in [-0.1, -0.05) is 17.2 Å². The average molecular weight is 234 g/mol. The number of rotatable bonds is 0. The van der Waals surface area contributed by atoms with E-state index >= 15 is 0 Å². The summed E-state index contributed by atoms with van der Waals surface area (Å²) >= 11 is 0. The van der Waals surface area contributed by atoms with Gasteiger partial charge in [-0.05, 0) is 46.1 Å². The van der Waals surface area contributed by atoms with Crippen molar-refractivity contribution in [3.8, 4) is 0 Å². The molecule has 2 rings (SSSR count). The summed E-state index contributed by atoms with van der Waals surface area (Å²) in [6, 6.07) is 0. The Morgan fingerprint density at radius 2 is 2.18 bits per heavy atom. The first-order valence-electron chi connectivity index (χ1n) is 6.45. The van der Waals surface area contributed by atoms with Gasteiger partial charge in [0, 0.05) is 12.8 Å². The average Bonchev–Trinajstić information content (AvgIpc) is 2.84. The number of epoxide rings is 1. The molecule has 0 aromatic heterocycles. The lowest BCUT2D eigenvalue weighted by atomic mass is 9.89. The number of carbonyl (C=O) groups excluding carboxylic acids is 1. The Morgan fingerprint density at radius 3 is 2.82 bits per heavy atom. The summed E-state index contributed by atoms with van der Waals surface area (Å²) in [5, 5.41) is 0. The number of hydrogen-bond acceptors (Lipinski definition) is 2. The zero-order valence-corrected chi connectivity index (χ0v) is 11.3. The molecule has 2 heteroatoms. The van der Waals surface area contributed by atoms with Crippen LogP contribution >= 0.6 is 0 Å². The van der Waals surface area contributed by atoms with Crippen LogP contribution in [0.2, 0.25) is 0 Å². The molecule has 17 heavy (non-hydrogen) atoms. The van der Waals surface area contributed by atoms with Crippen LogP contribution in [0.1, 0.15) is 53.4 Å². The number of Topliss-reactive ketones (excluding diaryl/α,β-unsaturated/α-hetero) is 1. The Balaban J connectivity index is 2.25. The number of hydrogen-bond donors (Lipinski definition) is 0. The summed E-state index contributed by atoms with van der Waals surface area (Å²) in [4.78, 5) is 12.2. The second-order valence-corrected chi connectivity index (χ2v) is 5.79. The minimum atomic E-state index is 0.00903. The molecule has 2 nitrogen and oxygen atoms in total. The smallest absolute Gasteiger partial charge is 0.162 e. The van der Waals surface area contributed by atoms with Gasteiger partial charge in [0.05, 0.1) is 11.7 Å². The summed E-state index contributed by atoms with van der Waals surface area (Å²) < 4.78 is 5.78. The van der Waals surface area contributed by atoms with E-state index in [1.165, 1.54) is 5.57 Å². The molecular formula is C15H22O2. The molecule has 0 aromatic rings. The molecule has 0 saturated carbocycles. The molecule has 0 N–H and O–H groups in total. The molecule has 1 aliphatic heterocycles. The highest BCUT2D eigenvalue weighted by atomic mass is 16.6. The normalized spacial score (nSPS) is 33.9. The lowest BCUT2D eigenvalue weighted by molar-refractivity contribution is -0.115. The summed E-state index contributed by atoms with van der Waals surface area (Å²) in [5.74, 6) is 0.276. The summed E-state index contributed by atoms with van der Waals surface area (Å²) in [6.45, 7) is 8.26. The lowest BCUT2D eigenvalue weighted by Crippen LogP contribution is -2.15. The van der Waals surface area contributed by atoms with Crippen molar-refractivity contribution in [3.63, 3.8) is 0 Å². The van der Waals surface area contributed by atoms with Gasteiger partial charge in [-0.3, -0.25) is 4.79 Å². The van der Waals surface area contributed by atoms with Crippen LogP contribution in [0.4, 0.5) is 0 Å². The van der Waals surface area contributed by atoms with Crippen LogP contribution in [0.25, 0.3) is 0 Å². The highest BCUT2D eigenvalue weighted by Gasteiger charge is 2.51. The monoisotopic (exact) mass is 234 g/mol. The molecule has 1 fully saturated rings. The first-order chi connectivity index (χ1) is 7.92. The van der Waals surface area contributed by atoms with Crippen molar-refractivity contribution in [2.24, 2.45) is 0 Å². The summed E-state index contributed by atoms with van der Waals surface area (Å²) in [7, 11) is 0. The molecule has 2 aliphatic rings. The second-order valence-electron chi connectivity index (χ2n) is 5.79. The van der Waals surface area contributed by atoms with Gasteiger partial charge in [0.25, 0.3) is 0 Å². The summed E-state index contributed by atoms with van der Waals surface area (Å²) in [6.07, 6.45) is 5.91. The highest BCUT2D eigenvalue weighted by Crippen LogP contribution is 2.45. The van der Waals surface area contributed by atoms with E-state index in [0.29, 0.717) is 6.42 Å². The van der Waals surface area contributed by atoms with Gasteiger partial charge in [-0.15, -0.1) is 0 Å². The third-order valence-electron chi connectivity index (χ3n) is 3.94. The van der Waals surface area contributed by atoms with Crippen LogP contribution in [0.5, 0.6) is 0 Å². The lowest BCUT2D eigenvalue weighted by Gasteiger charge is -2.12. The van der Waals surface area contributed by atoms with Gasteiger partial charge in [-0.25, -0.2) is 0 Å². The van der Waals surface area contributed by atoms with Crippen molar-refractivity contribution in [2.45, 2.75) is 65.1 Å². The maximum absolute atomic E-state index is 12.2. The molecule has 1 aliphatic carbocycles. The first-order valence-corrected chi connectivity index (χ1v) is 6.45. The molecule has 0 bridgehead atoms. The van der Waals surface area contributed by atoms with Crippen molar-refractivity contribution in [3.05, 3.63) is 22.8 Å². The molecule has 2 atom stereocenters. The number of ketones is 1. The van der Waals surface area contributed by atoms with Crippen LogP contribution in [0.3, 0.4) is 0 Å². The van der Waals surface area contributed by atoms with Gasteiger partial charge in [-0.2, -0.15) is 0 Å². The van der Waals surface area contributed by atoms with Crippen LogP contribution in [0.15, 0.2) is 22.8 Å². The van der Waals surface area contributed by atoms with E-state index in [4.69, 9.17) is 4.74 Å². The van der Waals surface area contributed by atoms with Gasteiger partial charge in [0.1, 0.15) is 0 Å². The fourth-order valence-corrected chi connectivity index (χ4v) is 2.59. The Bertz CT molecular complexity index is 399. The minimum absolute atomic E-state index is 0.00903. The SMILES string of the molecule is CC1=CCCC2(C)OC2CC(=C(C)C)C(=O)C1. The van der Waals surface area contributed by atoms with Crippen molar-refractivity contribution >= 4 is 5.78 Å². The van der Waals surface area contributed by atoms with E-state index in [-0.39, 0.29) is 17.5 Å². The number of ether oxygens (including phenoxy) is 1. The molecule has 0 amide bonds. The molecule has 0 radical (unpaired) electrons. The Labute approximate surface area is 104 Å². The van der Waals surface area contributed by atoms with E-state index in [2.05, 4.69) is 19.9 Å². The van der Waals surface area contributed by atoms with Crippen molar-refractivity contribution in [1.29, 1.82) is 0 Å². The van der Waals surface area contributed by atoms with Crippen molar-refractivity contribution in [1.82, 2.24) is 0 Å². The Kier molecular flexibility index (Phi) is 3.26. The molecule has 1 saturated heterocycles. The van der Waals surface area contributed by atoms with E-state index in [1.807, 2.05) is 13.8 Å². The van der Waals surface area contributed by atoms with E-state index < -0.39 is 0 Å². The maximum Gasteiger partial charge on any atom is 0.162 e. The van der Waals surface area contributed by atoms with E-state index in [0.717, 1.165) is 30.4 Å². The fraction of sp³-hybridized carbons (Fsp3) is 0.667. The highest BCUT2D eigenvalue weighted by molar-refractivity contribution is 5.97. The van der Waals surface area contributed by atoms with Crippen LogP contribution < -0.4 is 0 Å². The maximum atomic E-state index is 12.2. The predicted octanol–water partition coefficient (Wildman–Crippen LogP) is 3.57. The minimum Gasteiger partial charge on any atom is -0.366 e. The number of fused-ring (bicyclic) bond motifs is 1. The topological polar surface area (TPSA) is 29.6 Å². The third-order valence-corrected chi connectivity index (χ3v) is 3.94. The van der Waals surface area contributed by atoms with Crippen LogP contribution in [-0.4, -0.2) is 17.5 Å².